The smallest absolute Gasteiger partial charge is 0.377 e. The summed E-state index contributed by atoms with van der Waals surface area (Å²) in [6, 6.07) is 9.18. The van der Waals surface area contributed by atoms with E-state index in [0.717, 1.165) is 40.6 Å². The van der Waals surface area contributed by atoms with E-state index in [2.05, 4.69) is 20.3 Å². The van der Waals surface area contributed by atoms with Crippen molar-refractivity contribution in [2.75, 3.05) is 42.6 Å². The zero-order chi connectivity index (χ0) is 33.5. The van der Waals surface area contributed by atoms with Gasteiger partial charge in [0.1, 0.15) is 11.6 Å². The fourth-order valence-electron chi connectivity index (χ4n) is 6.77. The Morgan fingerprint density at radius 1 is 0.915 bits per heavy atom. The van der Waals surface area contributed by atoms with Crippen LogP contribution in [0.2, 0.25) is 0 Å². The molecule has 2 aliphatic carbocycles. The van der Waals surface area contributed by atoms with Crippen LogP contribution < -0.4 is 9.80 Å². The van der Waals surface area contributed by atoms with Crippen molar-refractivity contribution in [3.63, 3.8) is 0 Å². The Hall–Kier alpha value is -4.23. The molecule has 7 rings (SSSR count). The lowest BCUT2D eigenvalue weighted by Gasteiger charge is -2.22. The minimum atomic E-state index is -2.49. The zero-order valence-corrected chi connectivity index (χ0v) is 26.5. The predicted molar refractivity (Wildman–Crippen MR) is 165 cm³/mol. The normalized spacial score (nSPS) is 24.5. The van der Waals surface area contributed by atoms with Gasteiger partial charge in [0.05, 0.1) is 36.0 Å². The highest BCUT2D eigenvalue weighted by Crippen LogP contribution is 2.60. The summed E-state index contributed by atoms with van der Waals surface area (Å²) in [6.07, 6.45) is 3.89. The molecular formula is C33H38F4N6O4. The molecule has 5 heterocycles. The molecule has 4 atom stereocenters. The van der Waals surface area contributed by atoms with Gasteiger partial charge in [-0.1, -0.05) is 31.1 Å². The number of esters is 1. The van der Waals surface area contributed by atoms with Crippen LogP contribution in [-0.2, 0) is 30.4 Å². The van der Waals surface area contributed by atoms with E-state index in [1.54, 1.807) is 13.0 Å². The van der Waals surface area contributed by atoms with Gasteiger partial charge >= 0.3 is 5.97 Å². The number of oxime groups is 1. The van der Waals surface area contributed by atoms with E-state index in [4.69, 9.17) is 14.5 Å². The van der Waals surface area contributed by atoms with Crippen LogP contribution in [0.25, 0.3) is 0 Å². The van der Waals surface area contributed by atoms with Crippen molar-refractivity contribution in [3.8, 4) is 0 Å². The van der Waals surface area contributed by atoms with E-state index in [1.165, 1.54) is 6.21 Å². The van der Waals surface area contributed by atoms with Crippen molar-refractivity contribution in [3.05, 3.63) is 64.3 Å². The van der Waals surface area contributed by atoms with Crippen molar-refractivity contribution in [1.82, 2.24) is 15.1 Å². The van der Waals surface area contributed by atoms with Gasteiger partial charge in [0, 0.05) is 62.7 Å². The van der Waals surface area contributed by atoms with Gasteiger partial charge in [0.2, 0.25) is 5.76 Å². The quantitative estimate of drug-likeness (QED) is 0.0998. The monoisotopic (exact) mass is 658 g/mol. The molecule has 14 heteroatoms. The van der Waals surface area contributed by atoms with Crippen molar-refractivity contribution >= 4 is 23.8 Å². The van der Waals surface area contributed by atoms with Gasteiger partial charge in [0.15, 0.2) is 0 Å². The maximum atomic E-state index is 13.4. The minimum absolute atomic E-state index is 0.0756. The number of anilines is 2. The number of aryl methyl sites for hydroxylation is 2. The van der Waals surface area contributed by atoms with Gasteiger partial charge in [0.25, 0.3) is 11.8 Å². The molecule has 3 aromatic heterocycles. The summed E-state index contributed by atoms with van der Waals surface area (Å²) in [5.41, 5.74) is 4.41. The second-order valence-electron chi connectivity index (χ2n) is 12.4. The molecule has 4 fully saturated rings. The lowest BCUT2D eigenvalue weighted by Crippen LogP contribution is -2.28. The summed E-state index contributed by atoms with van der Waals surface area (Å²) >= 11 is 0. The van der Waals surface area contributed by atoms with Crippen LogP contribution in [-0.4, -0.2) is 77.1 Å². The summed E-state index contributed by atoms with van der Waals surface area (Å²) in [7, 11) is 0. The Labute approximate surface area is 269 Å². The highest BCUT2D eigenvalue weighted by Gasteiger charge is 2.72. The summed E-state index contributed by atoms with van der Waals surface area (Å²) in [5, 5.41) is 15.4. The van der Waals surface area contributed by atoms with E-state index >= 15 is 0 Å². The summed E-state index contributed by atoms with van der Waals surface area (Å²) in [5.74, 6) is -5.93. The molecule has 4 unspecified atom stereocenters. The van der Waals surface area contributed by atoms with Gasteiger partial charge in [-0.05, 0) is 43.0 Å². The van der Waals surface area contributed by atoms with E-state index in [9.17, 15) is 22.4 Å². The topological polar surface area (TPSA) is 117 Å². The van der Waals surface area contributed by atoms with Gasteiger partial charge in [-0.2, -0.15) is 0 Å². The number of pyridine rings is 2. The number of ether oxygens (including phenoxy) is 1. The SMILES string of the molecule is CCOC(=O)c1cc(Cc2ccc(N3CC4C(C3)C4(F)F)nc2CC)no1.CCc1nc(N2CC3C(C2)C3(F)F)ccc1CC=NO. The predicted octanol–water partition coefficient (Wildman–Crippen LogP) is 5.45. The lowest BCUT2D eigenvalue weighted by atomic mass is 10.1. The first-order valence-corrected chi connectivity index (χ1v) is 16.0. The van der Waals surface area contributed by atoms with Crippen molar-refractivity contribution in [2.24, 2.45) is 28.8 Å². The molecule has 2 aliphatic heterocycles. The second kappa shape index (κ2) is 12.8. The van der Waals surface area contributed by atoms with Crippen LogP contribution in [0.4, 0.5) is 29.2 Å². The number of fused-ring (bicyclic) bond motifs is 2. The number of piperidine rings is 2. The fourth-order valence-corrected chi connectivity index (χ4v) is 6.77. The Morgan fingerprint density at radius 3 is 1.91 bits per heavy atom. The Morgan fingerprint density at radius 2 is 1.43 bits per heavy atom. The van der Waals surface area contributed by atoms with Crippen molar-refractivity contribution in [1.29, 1.82) is 0 Å². The third kappa shape index (κ3) is 6.38. The maximum absolute atomic E-state index is 13.4. The standard InChI is InChI=1S/C19H21F2N3O3.C14H17F2N3O/c1-3-15-11(7-12-8-16(27-23-12)18(25)26-4-2)5-6-17(22-15)24-9-13-14(10-24)19(13,20)21;1-2-12-9(5-6-17-20)3-4-13(18-12)19-7-10-11(8-19)14(10,15)16/h5-6,8,13-14H,3-4,7,9-10H2,1-2H3;3-4,6,10-11,20H,2,5,7-8H2,1H3. The average Bonchev–Trinajstić information content (AvgIpc) is 3.57. The second-order valence-corrected chi connectivity index (χ2v) is 12.4. The van der Waals surface area contributed by atoms with E-state index in [0.29, 0.717) is 51.1 Å². The van der Waals surface area contributed by atoms with E-state index in [1.807, 2.05) is 47.9 Å². The van der Waals surface area contributed by atoms with Gasteiger partial charge < -0.3 is 24.3 Å². The first kappa shape index (κ1) is 32.7. The molecule has 47 heavy (non-hydrogen) atoms. The van der Waals surface area contributed by atoms with Crippen LogP contribution in [0, 0.1) is 23.7 Å². The molecule has 3 aromatic rings. The number of hydrogen-bond acceptors (Lipinski definition) is 10. The number of rotatable bonds is 10. The molecule has 0 bridgehead atoms. The minimum Gasteiger partial charge on any atom is -0.460 e. The first-order valence-electron chi connectivity index (χ1n) is 16.0. The average molecular weight is 659 g/mol. The number of nitrogens with zero attached hydrogens (tertiary/aromatic N) is 6. The maximum Gasteiger partial charge on any atom is 0.377 e. The number of carbonyl (C=O) groups excluding carboxylic acids is 1. The van der Waals surface area contributed by atoms with Crippen LogP contribution in [0.5, 0.6) is 0 Å². The van der Waals surface area contributed by atoms with E-state index in [-0.39, 0.29) is 12.4 Å². The summed E-state index contributed by atoms with van der Waals surface area (Å²) in [6.45, 7) is 7.50. The Kier molecular flexibility index (Phi) is 8.88. The molecule has 0 radical (unpaired) electrons. The molecule has 2 saturated carbocycles. The molecule has 0 amide bonds. The molecule has 4 aliphatic rings. The lowest BCUT2D eigenvalue weighted by molar-refractivity contribution is 0.0479. The van der Waals surface area contributed by atoms with Crippen LogP contribution in [0.3, 0.4) is 0 Å². The number of halogens is 4. The van der Waals surface area contributed by atoms with Crippen LogP contribution in [0.1, 0.15) is 59.5 Å². The van der Waals surface area contributed by atoms with Gasteiger partial charge in [-0.3, -0.25) is 0 Å². The van der Waals surface area contributed by atoms with E-state index < -0.39 is 41.5 Å². The molecule has 1 N–H and O–H groups in total. The molecular weight excluding hydrogens is 620 g/mol. The number of aromatic nitrogens is 3. The fraction of sp³-hybridized carbons (Fsp3) is 0.545. The van der Waals surface area contributed by atoms with Crippen molar-refractivity contribution < 1.29 is 36.8 Å². The first-order chi connectivity index (χ1) is 22.5. The number of hydrogen-bond donors (Lipinski definition) is 1. The number of alkyl halides is 4. The van der Waals surface area contributed by atoms with Crippen LogP contribution in [0.15, 0.2) is 40.0 Å². The Balaban J connectivity index is 0.000000172. The highest BCUT2D eigenvalue weighted by molar-refractivity contribution is 5.86. The third-order valence-corrected chi connectivity index (χ3v) is 9.62. The molecule has 252 valence electrons. The van der Waals surface area contributed by atoms with Crippen molar-refractivity contribution in [2.45, 2.75) is 58.3 Å². The van der Waals surface area contributed by atoms with Crippen LogP contribution >= 0.6 is 0 Å². The highest BCUT2D eigenvalue weighted by atomic mass is 19.3. The molecule has 0 spiro atoms. The summed E-state index contributed by atoms with van der Waals surface area (Å²) in [4.78, 5) is 24.8. The molecule has 0 aromatic carbocycles. The Bertz CT molecular complexity index is 1620. The zero-order valence-electron chi connectivity index (χ0n) is 26.5. The van der Waals surface area contributed by atoms with Gasteiger partial charge in [-0.15, -0.1) is 5.16 Å². The van der Waals surface area contributed by atoms with Gasteiger partial charge in [-0.25, -0.2) is 32.3 Å². The number of carbonyl (C=O) groups is 1. The largest absolute Gasteiger partial charge is 0.460 e. The molecule has 10 nitrogen and oxygen atoms in total. The molecule has 2 saturated heterocycles. The summed E-state index contributed by atoms with van der Waals surface area (Å²) < 4.78 is 63.1. The third-order valence-electron chi connectivity index (χ3n) is 9.62.